The van der Waals surface area contributed by atoms with Gasteiger partial charge in [0.2, 0.25) is 0 Å². The molecule has 2 heteroatoms. The molecule has 0 spiro atoms. The van der Waals surface area contributed by atoms with Gasteiger partial charge >= 0.3 is 0 Å². The van der Waals surface area contributed by atoms with Crippen LogP contribution in [0.25, 0.3) is 0 Å². The molecule has 1 rings (SSSR count). The summed E-state index contributed by atoms with van der Waals surface area (Å²) in [5.41, 5.74) is 0. The summed E-state index contributed by atoms with van der Waals surface area (Å²) >= 11 is 0. The lowest BCUT2D eigenvalue weighted by Crippen LogP contribution is -2.14. The molecule has 0 bridgehead atoms. The standard InChI is InChI=1S/C4H10N2/c1-5-2-4-3-6-4/h4-6H,2-3H2,1H3. The highest BCUT2D eigenvalue weighted by Gasteiger charge is 2.17. The molecule has 2 nitrogen and oxygen atoms in total. The van der Waals surface area contributed by atoms with Crippen molar-refractivity contribution in [3.63, 3.8) is 0 Å². The molecule has 1 unspecified atom stereocenters. The summed E-state index contributed by atoms with van der Waals surface area (Å²) in [4.78, 5) is 0. The second-order valence-electron chi connectivity index (χ2n) is 1.66. The molecule has 0 aromatic heterocycles. The van der Waals surface area contributed by atoms with E-state index in [2.05, 4.69) is 10.6 Å². The van der Waals surface area contributed by atoms with E-state index in [1.807, 2.05) is 7.05 Å². The zero-order valence-electron chi connectivity index (χ0n) is 3.99. The lowest BCUT2D eigenvalue weighted by molar-refractivity contribution is 0.778. The predicted molar refractivity (Wildman–Crippen MR) is 25.7 cm³/mol. The first kappa shape index (κ1) is 4.09. The molecular formula is C4H10N2. The third-order valence-electron chi connectivity index (χ3n) is 0.943. The van der Waals surface area contributed by atoms with Gasteiger partial charge in [-0.1, -0.05) is 0 Å². The molecule has 1 aliphatic heterocycles. The van der Waals surface area contributed by atoms with Crippen LogP contribution in [-0.2, 0) is 0 Å². The van der Waals surface area contributed by atoms with Crippen LogP contribution in [-0.4, -0.2) is 26.2 Å². The highest BCUT2D eigenvalue weighted by atomic mass is 15.1. The van der Waals surface area contributed by atoms with Crippen molar-refractivity contribution < 1.29 is 0 Å². The third-order valence-corrected chi connectivity index (χ3v) is 0.943. The molecule has 0 amide bonds. The van der Waals surface area contributed by atoms with Gasteiger partial charge < -0.3 is 10.6 Å². The average molecular weight is 86.1 g/mol. The second-order valence-corrected chi connectivity index (χ2v) is 1.66. The Morgan fingerprint density at radius 2 is 2.67 bits per heavy atom. The first-order chi connectivity index (χ1) is 2.93. The van der Waals surface area contributed by atoms with E-state index in [-0.39, 0.29) is 0 Å². The van der Waals surface area contributed by atoms with Crippen LogP contribution in [0.3, 0.4) is 0 Å². The van der Waals surface area contributed by atoms with E-state index in [0.717, 1.165) is 12.6 Å². The Hall–Kier alpha value is -0.0800. The number of rotatable bonds is 2. The van der Waals surface area contributed by atoms with Gasteiger partial charge in [-0.25, -0.2) is 0 Å². The normalized spacial score (nSPS) is 30.5. The Kier molecular flexibility index (Phi) is 1.08. The lowest BCUT2D eigenvalue weighted by Gasteiger charge is -1.86. The molecule has 1 aliphatic rings. The Morgan fingerprint density at radius 3 is 2.83 bits per heavy atom. The summed E-state index contributed by atoms with van der Waals surface area (Å²) in [7, 11) is 1.97. The maximum absolute atomic E-state index is 3.17. The fraction of sp³-hybridized carbons (Fsp3) is 1.00. The van der Waals surface area contributed by atoms with Gasteiger partial charge in [-0.3, -0.25) is 0 Å². The topological polar surface area (TPSA) is 34.0 Å². The summed E-state index contributed by atoms with van der Waals surface area (Å²) < 4.78 is 0. The van der Waals surface area contributed by atoms with Crippen LogP contribution in [0.4, 0.5) is 0 Å². The van der Waals surface area contributed by atoms with Gasteiger partial charge in [0.15, 0.2) is 0 Å². The van der Waals surface area contributed by atoms with Crippen molar-refractivity contribution in [3.05, 3.63) is 0 Å². The van der Waals surface area contributed by atoms with E-state index in [1.165, 1.54) is 6.54 Å². The molecule has 36 valence electrons. The minimum atomic E-state index is 0.787. The smallest absolute Gasteiger partial charge is 0.0318 e. The van der Waals surface area contributed by atoms with Gasteiger partial charge in [-0.05, 0) is 7.05 Å². The maximum atomic E-state index is 3.17. The summed E-state index contributed by atoms with van der Waals surface area (Å²) in [6.45, 7) is 2.33. The van der Waals surface area contributed by atoms with E-state index in [1.54, 1.807) is 0 Å². The number of hydrogen-bond donors (Lipinski definition) is 2. The fourth-order valence-electron chi connectivity index (χ4n) is 0.474. The van der Waals surface area contributed by atoms with E-state index in [4.69, 9.17) is 0 Å². The van der Waals surface area contributed by atoms with Gasteiger partial charge in [0, 0.05) is 19.1 Å². The SMILES string of the molecule is CNCC1CN1. The van der Waals surface area contributed by atoms with Crippen LogP contribution >= 0.6 is 0 Å². The van der Waals surface area contributed by atoms with E-state index < -0.39 is 0 Å². The Morgan fingerprint density at radius 1 is 2.00 bits per heavy atom. The van der Waals surface area contributed by atoms with E-state index in [0.29, 0.717) is 0 Å². The van der Waals surface area contributed by atoms with Crippen LogP contribution in [0.5, 0.6) is 0 Å². The minimum absolute atomic E-state index is 0.787. The number of nitrogens with one attached hydrogen (secondary N) is 2. The summed E-state index contributed by atoms with van der Waals surface area (Å²) in [6, 6.07) is 0.787. The van der Waals surface area contributed by atoms with Crippen molar-refractivity contribution in [2.75, 3.05) is 20.1 Å². The number of likely N-dealkylation sites (N-methyl/N-ethyl adjacent to an activating group) is 1. The molecule has 1 saturated heterocycles. The van der Waals surface area contributed by atoms with Crippen LogP contribution < -0.4 is 10.6 Å². The first-order valence-corrected chi connectivity index (χ1v) is 2.31. The van der Waals surface area contributed by atoms with Crippen molar-refractivity contribution >= 4 is 0 Å². The predicted octanol–water partition coefficient (Wildman–Crippen LogP) is -0.822. The van der Waals surface area contributed by atoms with Crippen molar-refractivity contribution in [1.29, 1.82) is 0 Å². The van der Waals surface area contributed by atoms with Crippen LogP contribution in [0.15, 0.2) is 0 Å². The minimum Gasteiger partial charge on any atom is -0.318 e. The Bertz CT molecular complexity index is 40.8. The summed E-state index contributed by atoms with van der Waals surface area (Å²) in [5, 5.41) is 6.24. The molecule has 0 radical (unpaired) electrons. The quantitative estimate of drug-likeness (QED) is 0.430. The summed E-state index contributed by atoms with van der Waals surface area (Å²) in [5.74, 6) is 0. The molecule has 0 aliphatic carbocycles. The van der Waals surface area contributed by atoms with Crippen LogP contribution in [0.2, 0.25) is 0 Å². The van der Waals surface area contributed by atoms with Gasteiger partial charge in [-0.2, -0.15) is 0 Å². The zero-order valence-corrected chi connectivity index (χ0v) is 3.99. The lowest BCUT2D eigenvalue weighted by atomic mass is 10.5. The maximum Gasteiger partial charge on any atom is 0.0318 e. The van der Waals surface area contributed by atoms with Crippen LogP contribution in [0, 0.1) is 0 Å². The fourth-order valence-corrected chi connectivity index (χ4v) is 0.474. The molecule has 6 heavy (non-hydrogen) atoms. The zero-order chi connectivity index (χ0) is 4.41. The first-order valence-electron chi connectivity index (χ1n) is 2.31. The molecular weight excluding hydrogens is 76.1 g/mol. The third kappa shape index (κ3) is 0.954. The van der Waals surface area contributed by atoms with Crippen molar-refractivity contribution in [2.24, 2.45) is 0 Å². The van der Waals surface area contributed by atoms with Gasteiger partial charge in [0.1, 0.15) is 0 Å². The average Bonchev–Trinajstić information content (AvgIpc) is 2.21. The van der Waals surface area contributed by atoms with Crippen molar-refractivity contribution in [3.8, 4) is 0 Å². The van der Waals surface area contributed by atoms with Gasteiger partial charge in [-0.15, -0.1) is 0 Å². The highest BCUT2D eigenvalue weighted by Crippen LogP contribution is 1.90. The van der Waals surface area contributed by atoms with Crippen LogP contribution in [0.1, 0.15) is 0 Å². The largest absolute Gasteiger partial charge is 0.318 e. The Balaban J connectivity index is 1.88. The van der Waals surface area contributed by atoms with Crippen molar-refractivity contribution in [1.82, 2.24) is 10.6 Å². The summed E-state index contributed by atoms with van der Waals surface area (Å²) in [6.07, 6.45) is 0. The molecule has 0 saturated carbocycles. The van der Waals surface area contributed by atoms with Gasteiger partial charge in [0.05, 0.1) is 0 Å². The van der Waals surface area contributed by atoms with E-state index in [9.17, 15) is 0 Å². The highest BCUT2D eigenvalue weighted by molar-refractivity contribution is 4.84. The Labute approximate surface area is 37.9 Å². The number of hydrogen-bond acceptors (Lipinski definition) is 2. The molecule has 1 fully saturated rings. The molecule has 2 N–H and O–H groups in total. The molecule has 1 heterocycles. The second kappa shape index (κ2) is 1.58. The monoisotopic (exact) mass is 86.1 g/mol. The molecule has 0 aromatic rings. The van der Waals surface area contributed by atoms with Gasteiger partial charge in [0.25, 0.3) is 0 Å². The van der Waals surface area contributed by atoms with E-state index >= 15 is 0 Å². The molecule has 1 atom stereocenters. The molecule has 0 aromatic carbocycles. The van der Waals surface area contributed by atoms with Crippen molar-refractivity contribution in [2.45, 2.75) is 6.04 Å².